The van der Waals surface area contributed by atoms with Gasteiger partial charge in [0.05, 0.1) is 17.9 Å². The number of likely N-dealkylation sites (tertiary alicyclic amines) is 1. The van der Waals surface area contributed by atoms with Crippen LogP contribution in [0.4, 0.5) is 0 Å². The fourth-order valence-electron chi connectivity index (χ4n) is 3.34. The highest BCUT2D eigenvalue weighted by Crippen LogP contribution is 2.20. The van der Waals surface area contributed by atoms with E-state index in [1.54, 1.807) is 0 Å². The summed E-state index contributed by atoms with van der Waals surface area (Å²) in [5.41, 5.74) is 1.73. The summed E-state index contributed by atoms with van der Waals surface area (Å²) >= 11 is 0. The molecular formula is C21H27N3O2. The maximum Gasteiger partial charge on any atom is 0.255 e. The van der Waals surface area contributed by atoms with E-state index < -0.39 is 0 Å². The molecule has 2 aromatic rings. The first-order valence-corrected chi connectivity index (χ1v) is 9.38. The van der Waals surface area contributed by atoms with E-state index in [1.165, 1.54) is 0 Å². The molecule has 1 aromatic carbocycles. The zero-order chi connectivity index (χ0) is 18.2. The number of rotatable bonds is 7. The molecule has 5 heteroatoms. The molecule has 1 saturated heterocycles. The maximum absolute atomic E-state index is 12.5. The standard InChI is InChI=1S/C21H27N3O2/c1-2-26-20-9-4-3-8-19(20)21(25)23-15-17-10-13-24(14-11-17)16-18-7-5-6-12-22-18/h3-9,12,17H,2,10-11,13-16H2,1H3,(H,23,25). The second-order valence-electron chi connectivity index (χ2n) is 6.68. The molecule has 0 aliphatic carbocycles. The monoisotopic (exact) mass is 353 g/mol. The first kappa shape index (κ1) is 18.4. The van der Waals surface area contributed by atoms with Gasteiger partial charge >= 0.3 is 0 Å². The van der Waals surface area contributed by atoms with E-state index >= 15 is 0 Å². The van der Waals surface area contributed by atoms with E-state index in [0.29, 0.717) is 23.8 Å². The van der Waals surface area contributed by atoms with E-state index in [1.807, 2.05) is 49.5 Å². The van der Waals surface area contributed by atoms with Crippen molar-refractivity contribution in [1.29, 1.82) is 0 Å². The number of carbonyl (C=O) groups excluding carboxylic acids is 1. The highest BCUT2D eigenvalue weighted by Gasteiger charge is 2.21. The number of pyridine rings is 1. The van der Waals surface area contributed by atoms with Crippen LogP contribution < -0.4 is 10.1 Å². The Labute approximate surface area is 155 Å². The summed E-state index contributed by atoms with van der Waals surface area (Å²) in [6.45, 7) is 6.20. The Balaban J connectivity index is 1.44. The first-order valence-electron chi connectivity index (χ1n) is 9.38. The highest BCUT2D eigenvalue weighted by atomic mass is 16.5. The van der Waals surface area contributed by atoms with Gasteiger partial charge in [-0.05, 0) is 63.0 Å². The number of amides is 1. The Bertz CT molecular complexity index is 697. The average Bonchev–Trinajstić information content (AvgIpc) is 2.69. The van der Waals surface area contributed by atoms with Crippen LogP contribution in [-0.4, -0.2) is 42.0 Å². The molecule has 1 fully saturated rings. The summed E-state index contributed by atoms with van der Waals surface area (Å²) in [7, 11) is 0. The lowest BCUT2D eigenvalue weighted by Gasteiger charge is -2.31. The van der Waals surface area contributed by atoms with Crippen molar-refractivity contribution in [2.45, 2.75) is 26.3 Å². The summed E-state index contributed by atoms with van der Waals surface area (Å²) in [4.78, 5) is 19.3. The predicted octanol–water partition coefficient (Wildman–Crippen LogP) is 3.12. The lowest BCUT2D eigenvalue weighted by molar-refractivity contribution is 0.0931. The van der Waals surface area contributed by atoms with Crippen LogP contribution in [0.3, 0.4) is 0 Å². The molecule has 1 amide bonds. The number of hydrogen-bond donors (Lipinski definition) is 1. The van der Waals surface area contributed by atoms with E-state index in [-0.39, 0.29) is 5.91 Å². The number of nitrogens with one attached hydrogen (secondary N) is 1. The molecule has 0 atom stereocenters. The molecule has 26 heavy (non-hydrogen) atoms. The van der Waals surface area contributed by atoms with Crippen molar-refractivity contribution in [1.82, 2.24) is 15.2 Å². The van der Waals surface area contributed by atoms with Crippen LogP contribution in [0.2, 0.25) is 0 Å². The second kappa shape index (κ2) is 9.34. The lowest BCUT2D eigenvalue weighted by atomic mass is 9.96. The van der Waals surface area contributed by atoms with Crippen LogP contribution in [0.15, 0.2) is 48.7 Å². The molecule has 1 aliphatic heterocycles. The molecule has 0 saturated carbocycles. The number of piperidine rings is 1. The minimum absolute atomic E-state index is 0.0510. The Morgan fingerprint density at radius 1 is 1.19 bits per heavy atom. The lowest BCUT2D eigenvalue weighted by Crippen LogP contribution is -2.38. The van der Waals surface area contributed by atoms with Gasteiger partial charge in [-0.25, -0.2) is 0 Å². The number of carbonyl (C=O) groups is 1. The molecule has 3 rings (SSSR count). The third kappa shape index (κ3) is 5.05. The van der Waals surface area contributed by atoms with Gasteiger partial charge in [0, 0.05) is 19.3 Å². The Morgan fingerprint density at radius 3 is 2.69 bits per heavy atom. The summed E-state index contributed by atoms with van der Waals surface area (Å²) in [5, 5.41) is 3.08. The maximum atomic E-state index is 12.5. The molecule has 0 radical (unpaired) electrons. The molecule has 138 valence electrons. The zero-order valence-corrected chi connectivity index (χ0v) is 15.4. The van der Waals surface area contributed by atoms with Gasteiger partial charge in [0.25, 0.3) is 5.91 Å². The summed E-state index contributed by atoms with van der Waals surface area (Å²) in [6.07, 6.45) is 4.04. The van der Waals surface area contributed by atoms with E-state index in [4.69, 9.17) is 4.74 Å². The average molecular weight is 353 g/mol. The zero-order valence-electron chi connectivity index (χ0n) is 15.4. The highest BCUT2D eigenvalue weighted by molar-refractivity contribution is 5.96. The van der Waals surface area contributed by atoms with E-state index in [0.717, 1.165) is 44.7 Å². The molecule has 2 heterocycles. The van der Waals surface area contributed by atoms with Gasteiger partial charge < -0.3 is 10.1 Å². The molecular weight excluding hydrogens is 326 g/mol. The van der Waals surface area contributed by atoms with Gasteiger partial charge in [-0.2, -0.15) is 0 Å². The number of aromatic nitrogens is 1. The SMILES string of the molecule is CCOc1ccccc1C(=O)NCC1CCN(Cc2ccccn2)CC1. The minimum atomic E-state index is -0.0510. The molecule has 1 aromatic heterocycles. The van der Waals surface area contributed by atoms with Crippen molar-refractivity contribution in [3.63, 3.8) is 0 Å². The van der Waals surface area contributed by atoms with Gasteiger partial charge in [0.2, 0.25) is 0 Å². The van der Waals surface area contributed by atoms with Crippen molar-refractivity contribution >= 4 is 5.91 Å². The topological polar surface area (TPSA) is 54.5 Å². The largest absolute Gasteiger partial charge is 0.493 e. The first-order chi connectivity index (χ1) is 12.8. The molecule has 1 aliphatic rings. The van der Waals surface area contributed by atoms with Crippen molar-refractivity contribution in [2.75, 3.05) is 26.2 Å². The van der Waals surface area contributed by atoms with Gasteiger partial charge in [-0.1, -0.05) is 18.2 Å². The normalized spacial score (nSPS) is 15.6. The Kier molecular flexibility index (Phi) is 6.61. The summed E-state index contributed by atoms with van der Waals surface area (Å²) in [5.74, 6) is 1.13. The van der Waals surface area contributed by atoms with Crippen LogP contribution in [0.5, 0.6) is 5.75 Å². The number of nitrogens with zero attached hydrogens (tertiary/aromatic N) is 2. The number of hydrogen-bond acceptors (Lipinski definition) is 4. The fraction of sp³-hybridized carbons (Fsp3) is 0.429. The van der Waals surface area contributed by atoms with E-state index in [9.17, 15) is 4.79 Å². The van der Waals surface area contributed by atoms with Crippen LogP contribution in [0.1, 0.15) is 35.8 Å². The third-order valence-corrected chi connectivity index (χ3v) is 4.80. The minimum Gasteiger partial charge on any atom is -0.493 e. The molecule has 0 bridgehead atoms. The quantitative estimate of drug-likeness (QED) is 0.831. The Morgan fingerprint density at radius 2 is 1.96 bits per heavy atom. The van der Waals surface area contributed by atoms with Crippen molar-refractivity contribution in [3.8, 4) is 5.75 Å². The number of benzene rings is 1. The second-order valence-corrected chi connectivity index (χ2v) is 6.68. The van der Waals surface area contributed by atoms with Crippen molar-refractivity contribution in [3.05, 3.63) is 59.9 Å². The van der Waals surface area contributed by atoms with E-state index in [2.05, 4.69) is 21.3 Å². The Hall–Kier alpha value is -2.40. The number of para-hydroxylation sites is 1. The molecule has 5 nitrogen and oxygen atoms in total. The summed E-state index contributed by atoms with van der Waals surface area (Å²) in [6, 6.07) is 13.5. The molecule has 0 spiro atoms. The van der Waals surface area contributed by atoms with Gasteiger partial charge in [-0.3, -0.25) is 14.7 Å². The van der Waals surface area contributed by atoms with Crippen molar-refractivity contribution in [2.24, 2.45) is 5.92 Å². The fourth-order valence-corrected chi connectivity index (χ4v) is 3.34. The van der Waals surface area contributed by atoms with Gasteiger partial charge in [-0.15, -0.1) is 0 Å². The van der Waals surface area contributed by atoms with Crippen LogP contribution in [-0.2, 0) is 6.54 Å². The van der Waals surface area contributed by atoms with Gasteiger partial charge in [0.1, 0.15) is 5.75 Å². The molecule has 1 N–H and O–H groups in total. The van der Waals surface area contributed by atoms with Gasteiger partial charge in [0.15, 0.2) is 0 Å². The predicted molar refractivity (Wildman–Crippen MR) is 102 cm³/mol. The third-order valence-electron chi connectivity index (χ3n) is 4.80. The van der Waals surface area contributed by atoms with Crippen molar-refractivity contribution < 1.29 is 9.53 Å². The summed E-state index contributed by atoms with van der Waals surface area (Å²) < 4.78 is 5.55. The van der Waals surface area contributed by atoms with Crippen LogP contribution >= 0.6 is 0 Å². The number of ether oxygens (including phenoxy) is 1. The smallest absolute Gasteiger partial charge is 0.255 e. The van der Waals surface area contributed by atoms with Crippen LogP contribution in [0, 0.1) is 5.92 Å². The molecule has 0 unspecified atom stereocenters. The van der Waals surface area contributed by atoms with Crippen LogP contribution in [0.25, 0.3) is 0 Å².